The molecule has 1 N–H and O–H groups in total. The fourth-order valence-corrected chi connectivity index (χ4v) is 2.14. The Morgan fingerprint density at radius 3 is 2.39 bits per heavy atom. The number of rotatable bonds is 2. The fraction of sp³-hybridized carbons (Fsp3) is 0.500. The molecule has 18 heavy (non-hydrogen) atoms. The molecule has 1 heterocycles. The van der Waals surface area contributed by atoms with Crippen LogP contribution >= 0.6 is 15.9 Å². The van der Waals surface area contributed by atoms with Crippen molar-refractivity contribution in [3.63, 3.8) is 0 Å². The molecule has 0 saturated heterocycles. The molecular formula is C10H8BrF5N2. The number of hydrogen-bond donors (Lipinski definition) is 1. The van der Waals surface area contributed by atoms with Crippen LogP contribution in [0.4, 0.5) is 27.8 Å². The molecule has 8 heteroatoms. The van der Waals surface area contributed by atoms with E-state index in [1.54, 1.807) is 0 Å². The van der Waals surface area contributed by atoms with Crippen LogP contribution in [0.25, 0.3) is 0 Å². The molecule has 1 fully saturated rings. The molecule has 0 aromatic carbocycles. The highest BCUT2D eigenvalue weighted by atomic mass is 79.9. The summed E-state index contributed by atoms with van der Waals surface area (Å²) in [5, 5.41) is 2.57. The van der Waals surface area contributed by atoms with Gasteiger partial charge < -0.3 is 5.32 Å². The lowest BCUT2D eigenvalue weighted by atomic mass is 9.88. The predicted molar refractivity (Wildman–Crippen MR) is 58.5 cm³/mol. The second-order valence-electron chi connectivity index (χ2n) is 4.17. The van der Waals surface area contributed by atoms with Crippen LogP contribution in [0.2, 0.25) is 0 Å². The monoisotopic (exact) mass is 330 g/mol. The zero-order chi connectivity index (χ0) is 13.6. The van der Waals surface area contributed by atoms with Crippen molar-refractivity contribution >= 4 is 21.7 Å². The standard InChI is InChI=1S/C10H8BrF5N2/c11-7-1-5(10(14,15)16)2-8(18-7)17-6-3-9(12,13)4-6/h1-2,6H,3-4H2,(H,17,18). The lowest BCUT2D eigenvalue weighted by molar-refractivity contribution is -0.137. The predicted octanol–water partition coefficient (Wildman–Crippen LogP) is 4.07. The first-order chi connectivity index (χ1) is 8.16. The van der Waals surface area contributed by atoms with Crippen LogP contribution in [-0.4, -0.2) is 16.9 Å². The zero-order valence-electron chi connectivity index (χ0n) is 8.86. The van der Waals surface area contributed by atoms with Crippen LogP contribution < -0.4 is 5.32 Å². The first-order valence-corrected chi connectivity index (χ1v) is 5.84. The van der Waals surface area contributed by atoms with Crippen molar-refractivity contribution < 1.29 is 22.0 Å². The lowest BCUT2D eigenvalue weighted by Gasteiger charge is -2.35. The van der Waals surface area contributed by atoms with Gasteiger partial charge in [0.25, 0.3) is 5.92 Å². The van der Waals surface area contributed by atoms with Crippen molar-refractivity contribution in [2.24, 2.45) is 0 Å². The van der Waals surface area contributed by atoms with Crippen LogP contribution in [0.3, 0.4) is 0 Å². The zero-order valence-corrected chi connectivity index (χ0v) is 10.4. The SMILES string of the molecule is FC1(F)CC(Nc2cc(C(F)(F)F)cc(Br)n2)C1. The Labute approximate surface area is 108 Å². The molecule has 1 aromatic heterocycles. The van der Waals surface area contributed by atoms with E-state index in [0.29, 0.717) is 0 Å². The highest BCUT2D eigenvalue weighted by Crippen LogP contribution is 2.39. The summed E-state index contributed by atoms with van der Waals surface area (Å²) < 4.78 is 62.7. The first kappa shape index (κ1) is 13.5. The molecule has 1 aromatic rings. The quantitative estimate of drug-likeness (QED) is 0.653. The van der Waals surface area contributed by atoms with E-state index in [-0.39, 0.29) is 23.3 Å². The molecule has 0 radical (unpaired) electrons. The molecule has 0 spiro atoms. The minimum Gasteiger partial charge on any atom is -0.367 e. The fourth-order valence-electron chi connectivity index (χ4n) is 1.71. The van der Waals surface area contributed by atoms with Gasteiger partial charge in [-0.1, -0.05) is 0 Å². The molecule has 0 amide bonds. The second kappa shape index (κ2) is 4.32. The first-order valence-electron chi connectivity index (χ1n) is 5.05. The van der Waals surface area contributed by atoms with E-state index in [0.717, 1.165) is 12.1 Å². The Hall–Kier alpha value is -0.920. The number of halogens is 6. The molecule has 1 aliphatic carbocycles. The topological polar surface area (TPSA) is 24.9 Å². The third kappa shape index (κ3) is 3.09. The molecule has 2 rings (SSSR count). The average Bonchev–Trinajstić information content (AvgIpc) is 2.12. The minimum atomic E-state index is -4.49. The molecule has 0 aliphatic heterocycles. The Morgan fingerprint density at radius 1 is 1.28 bits per heavy atom. The number of nitrogens with zero attached hydrogens (tertiary/aromatic N) is 1. The summed E-state index contributed by atoms with van der Waals surface area (Å²) in [5.41, 5.74) is -0.877. The maximum absolute atomic E-state index is 12.6. The van der Waals surface area contributed by atoms with E-state index in [4.69, 9.17) is 0 Å². The lowest BCUT2D eigenvalue weighted by Crippen LogP contribution is -2.44. The van der Waals surface area contributed by atoms with Crippen LogP contribution in [-0.2, 0) is 6.18 Å². The van der Waals surface area contributed by atoms with E-state index in [1.807, 2.05) is 0 Å². The minimum absolute atomic E-state index is 0.00547. The summed E-state index contributed by atoms with van der Waals surface area (Å²) in [6, 6.07) is 1.10. The molecular weight excluding hydrogens is 323 g/mol. The van der Waals surface area contributed by atoms with Crippen LogP contribution in [0, 0.1) is 0 Å². The van der Waals surface area contributed by atoms with Gasteiger partial charge >= 0.3 is 6.18 Å². The number of nitrogens with one attached hydrogen (secondary N) is 1. The number of hydrogen-bond acceptors (Lipinski definition) is 2. The van der Waals surface area contributed by atoms with E-state index >= 15 is 0 Å². The summed E-state index contributed by atoms with van der Waals surface area (Å²) in [6.07, 6.45) is -5.27. The van der Waals surface area contributed by atoms with Crippen molar-refractivity contribution in [3.05, 3.63) is 22.3 Å². The Balaban J connectivity index is 2.12. The van der Waals surface area contributed by atoms with Crippen LogP contribution in [0.15, 0.2) is 16.7 Å². The van der Waals surface area contributed by atoms with Crippen molar-refractivity contribution in [2.45, 2.75) is 31.0 Å². The van der Waals surface area contributed by atoms with Gasteiger partial charge in [0.2, 0.25) is 0 Å². The van der Waals surface area contributed by atoms with Gasteiger partial charge in [0, 0.05) is 18.9 Å². The summed E-state index contributed by atoms with van der Waals surface area (Å²) in [7, 11) is 0. The molecule has 0 unspecified atom stereocenters. The maximum Gasteiger partial charge on any atom is 0.416 e. The van der Waals surface area contributed by atoms with Gasteiger partial charge in [0.15, 0.2) is 0 Å². The van der Waals surface area contributed by atoms with Crippen molar-refractivity contribution in [1.82, 2.24) is 4.98 Å². The summed E-state index contributed by atoms with van der Waals surface area (Å²) in [6.45, 7) is 0. The van der Waals surface area contributed by atoms with E-state index in [2.05, 4.69) is 26.2 Å². The van der Waals surface area contributed by atoms with Crippen molar-refractivity contribution in [2.75, 3.05) is 5.32 Å². The Morgan fingerprint density at radius 2 is 1.89 bits per heavy atom. The van der Waals surface area contributed by atoms with Crippen LogP contribution in [0.1, 0.15) is 18.4 Å². The number of alkyl halides is 5. The number of pyridine rings is 1. The summed E-state index contributed by atoms with van der Waals surface area (Å²) in [5.74, 6) is -2.78. The largest absolute Gasteiger partial charge is 0.416 e. The molecule has 0 bridgehead atoms. The van der Waals surface area contributed by atoms with Gasteiger partial charge in [-0.15, -0.1) is 0 Å². The summed E-state index contributed by atoms with van der Waals surface area (Å²) in [4.78, 5) is 3.78. The average molecular weight is 331 g/mol. The molecule has 100 valence electrons. The molecule has 1 aliphatic rings. The maximum atomic E-state index is 12.6. The van der Waals surface area contributed by atoms with E-state index in [9.17, 15) is 22.0 Å². The Kier molecular flexibility index (Phi) is 3.25. The molecule has 1 saturated carbocycles. The smallest absolute Gasteiger partial charge is 0.367 e. The van der Waals surface area contributed by atoms with Crippen LogP contribution in [0.5, 0.6) is 0 Å². The third-order valence-electron chi connectivity index (χ3n) is 2.56. The highest BCUT2D eigenvalue weighted by molar-refractivity contribution is 9.10. The van der Waals surface area contributed by atoms with Gasteiger partial charge in [-0.05, 0) is 28.1 Å². The van der Waals surface area contributed by atoms with E-state index in [1.165, 1.54) is 0 Å². The van der Waals surface area contributed by atoms with Gasteiger partial charge in [0.1, 0.15) is 10.4 Å². The van der Waals surface area contributed by atoms with Gasteiger partial charge in [-0.3, -0.25) is 0 Å². The second-order valence-corrected chi connectivity index (χ2v) is 4.98. The summed E-state index contributed by atoms with van der Waals surface area (Å²) >= 11 is 2.86. The van der Waals surface area contributed by atoms with Gasteiger partial charge in [-0.2, -0.15) is 13.2 Å². The van der Waals surface area contributed by atoms with E-state index < -0.39 is 23.7 Å². The number of aromatic nitrogens is 1. The van der Waals surface area contributed by atoms with Crippen molar-refractivity contribution in [3.8, 4) is 0 Å². The highest BCUT2D eigenvalue weighted by Gasteiger charge is 2.45. The van der Waals surface area contributed by atoms with Gasteiger partial charge in [0.05, 0.1) is 5.56 Å². The third-order valence-corrected chi connectivity index (χ3v) is 2.97. The molecule has 2 nitrogen and oxygen atoms in total. The van der Waals surface area contributed by atoms with Crippen molar-refractivity contribution in [1.29, 1.82) is 0 Å². The molecule has 0 atom stereocenters. The van der Waals surface area contributed by atoms with Gasteiger partial charge in [-0.25, -0.2) is 13.8 Å². The number of anilines is 1. The Bertz CT molecular complexity index is 452. The normalized spacial score (nSPS) is 19.4.